The van der Waals surface area contributed by atoms with Crippen LogP contribution in [-0.2, 0) is 0 Å². The lowest BCUT2D eigenvalue weighted by Gasteiger charge is -1.93. The zero-order valence-electron chi connectivity index (χ0n) is 8.98. The van der Waals surface area contributed by atoms with E-state index in [2.05, 4.69) is 15.0 Å². The highest BCUT2D eigenvalue weighted by atomic mass is 16.2. The van der Waals surface area contributed by atoms with Gasteiger partial charge in [0.1, 0.15) is 5.82 Å². The number of rotatable bonds is 0. The van der Waals surface area contributed by atoms with Gasteiger partial charge in [0.15, 0.2) is 0 Å². The van der Waals surface area contributed by atoms with Crippen LogP contribution in [0.1, 0.15) is 5.56 Å². The maximum atomic E-state index is 10.4. The van der Waals surface area contributed by atoms with Crippen LogP contribution in [0.4, 0.5) is 5.82 Å². The number of aromatic amines is 3. The summed E-state index contributed by atoms with van der Waals surface area (Å²) in [7, 11) is 0. The van der Waals surface area contributed by atoms with E-state index in [9.17, 15) is 14.4 Å². The van der Waals surface area contributed by atoms with E-state index < -0.39 is 11.4 Å². The third-order valence-corrected chi connectivity index (χ3v) is 1.73. The van der Waals surface area contributed by atoms with Crippen LogP contribution in [0.25, 0.3) is 0 Å². The minimum atomic E-state index is -0.475. The quantitative estimate of drug-likeness (QED) is 0.452. The molecule has 2 rings (SSSR count). The Bertz CT molecular complexity index is 629. The standard InChI is InChI=1S/C5H7N3O.C4H4N2O2/c1-3-2-7-5(9)8-4(3)6;7-3-1-2-5-4(8)6-3/h2H,1H3,(H3,6,7,8,9);1-2H,(H2,5,6,7,8). The molecule has 0 saturated heterocycles. The van der Waals surface area contributed by atoms with Gasteiger partial charge in [0.05, 0.1) is 0 Å². The zero-order chi connectivity index (χ0) is 12.8. The van der Waals surface area contributed by atoms with E-state index in [4.69, 9.17) is 5.73 Å². The van der Waals surface area contributed by atoms with Gasteiger partial charge in [-0.3, -0.25) is 14.8 Å². The molecule has 0 unspecified atom stereocenters. The maximum absolute atomic E-state index is 10.4. The molecule has 0 aliphatic heterocycles. The van der Waals surface area contributed by atoms with Gasteiger partial charge in [-0.15, -0.1) is 0 Å². The molecule has 2 aromatic heterocycles. The number of nitrogen functional groups attached to an aromatic ring is 1. The van der Waals surface area contributed by atoms with Crippen molar-refractivity contribution in [1.82, 2.24) is 19.9 Å². The fourth-order valence-electron chi connectivity index (χ4n) is 0.854. The number of nitrogens with two attached hydrogens (primary N) is 1. The molecule has 0 saturated carbocycles. The predicted molar refractivity (Wildman–Crippen MR) is 61.7 cm³/mol. The molecule has 0 amide bonds. The summed E-state index contributed by atoms with van der Waals surface area (Å²) < 4.78 is 0. The third-order valence-electron chi connectivity index (χ3n) is 1.73. The van der Waals surface area contributed by atoms with Gasteiger partial charge < -0.3 is 10.7 Å². The fraction of sp³-hybridized carbons (Fsp3) is 0.111. The molecular weight excluding hydrogens is 226 g/mol. The number of hydrogen-bond donors (Lipinski definition) is 4. The summed E-state index contributed by atoms with van der Waals surface area (Å²) in [4.78, 5) is 40.9. The molecule has 8 nitrogen and oxygen atoms in total. The molecule has 2 aromatic rings. The van der Waals surface area contributed by atoms with E-state index in [0.717, 1.165) is 5.56 Å². The monoisotopic (exact) mass is 237 g/mol. The van der Waals surface area contributed by atoms with Crippen LogP contribution >= 0.6 is 0 Å². The van der Waals surface area contributed by atoms with Gasteiger partial charge >= 0.3 is 11.4 Å². The second kappa shape index (κ2) is 5.45. The molecule has 0 radical (unpaired) electrons. The van der Waals surface area contributed by atoms with Gasteiger partial charge in [-0.2, -0.15) is 0 Å². The van der Waals surface area contributed by atoms with Gasteiger partial charge in [0, 0.05) is 24.0 Å². The predicted octanol–water partition coefficient (Wildman–Crippen LogP) is -1.28. The Hall–Kier alpha value is -2.64. The first kappa shape index (κ1) is 12.4. The fourth-order valence-corrected chi connectivity index (χ4v) is 0.854. The van der Waals surface area contributed by atoms with Gasteiger partial charge in [-0.05, 0) is 6.92 Å². The van der Waals surface area contributed by atoms with Crippen molar-refractivity contribution >= 4 is 5.82 Å². The molecule has 0 aliphatic carbocycles. The maximum Gasteiger partial charge on any atom is 0.346 e. The van der Waals surface area contributed by atoms with E-state index in [1.165, 1.54) is 18.5 Å². The Morgan fingerprint density at radius 2 is 1.94 bits per heavy atom. The summed E-state index contributed by atoms with van der Waals surface area (Å²) >= 11 is 0. The van der Waals surface area contributed by atoms with Crippen molar-refractivity contribution in [2.45, 2.75) is 6.92 Å². The Morgan fingerprint density at radius 1 is 1.24 bits per heavy atom. The molecule has 0 atom stereocenters. The summed E-state index contributed by atoms with van der Waals surface area (Å²) in [5, 5.41) is 0. The summed E-state index contributed by atoms with van der Waals surface area (Å²) in [5.41, 5.74) is 4.85. The Kier molecular flexibility index (Phi) is 3.98. The molecule has 5 N–H and O–H groups in total. The van der Waals surface area contributed by atoms with Crippen LogP contribution < -0.4 is 22.7 Å². The van der Waals surface area contributed by atoms with Crippen LogP contribution in [0, 0.1) is 6.92 Å². The highest BCUT2D eigenvalue weighted by Crippen LogP contribution is 1.97. The zero-order valence-corrected chi connectivity index (χ0v) is 8.98. The first-order chi connectivity index (χ1) is 7.99. The molecule has 8 heteroatoms. The highest BCUT2D eigenvalue weighted by Gasteiger charge is 1.90. The van der Waals surface area contributed by atoms with Gasteiger partial charge in [-0.1, -0.05) is 0 Å². The summed E-state index contributed by atoms with van der Waals surface area (Å²) in [6, 6.07) is 1.24. The third kappa shape index (κ3) is 4.16. The van der Waals surface area contributed by atoms with Crippen molar-refractivity contribution in [1.29, 1.82) is 0 Å². The average molecular weight is 237 g/mol. The molecule has 0 bridgehead atoms. The number of H-pyrrole nitrogens is 3. The minimum absolute atomic E-state index is 0.381. The van der Waals surface area contributed by atoms with E-state index in [1.54, 1.807) is 6.92 Å². The van der Waals surface area contributed by atoms with E-state index >= 15 is 0 Å². The Balaban J connectivity index is 0.000000171. The lowest BCUT2D eigenvalue weighted by atomic mass is 10.4. The topological polar surface area (TPSA) is 137 Å². The lowest BCUT2D eigenvalue weighted by molar-refractivity contribution is 1.04. The SMILES string of the molecule is Cc1cnc(=O)[nH]c1N.O=c1cc[nH]c(=O)[nH]1. The van der Waals surface area contributed by atoms with Gasteiger partial charge in [0.25, 0.3) is 5.56 Å². The van der Waals surface area contributed by atoms with E-state index in [-0.39, 0.29) is 5.56 Å². The van der Waals surface area contributed by atoms with E-state index in [0.29, 0.717) is 5.82 Å². The number of nitrogens with one attached hydrogen (secondary N) is 3. The number of anilines is 1. The van der Waals surface area contributed by atoms with Crippen LogP contribution in [0.2, 0.25) is 0 Å². The first-order valence-corrected chi connectivity index (χ1v) is 4.58. The second-order valence-corrected chi connectivity index (χ2v) is 3.08. The van der Waals surface area contributed by atoms with Crippen LogP contribution in [0.3, 0.4) is 0 Å². The molecule has 0 spiro atoms. The number of nitrogens with zero attached hydrogens (tertiary/aromatic N) is 1. The van der Waals surface area contributed by atoms with Gasteiger partial charge in [0.2, 0.25) is 0 Å². The number of hydrogen-bond acceptors (Lipinski definition) is 5. The van der Waals surface area contributed by atoms with Crippen molar-refractivity contribution in [2.24, 2.45) is 0 Å². The molecule has 2 heterocycles. The summed E-state index contributed by atoms with van der Waals surface area (Å²) in [5.74, 6) is 0.384. The minimum Gasteiger partial charge on any atom is -0.385 e. The largest absolute Gasteiger partial charge is 0.385 e. The van der Waals surface area contributed by atoms with Gasteiger partial charge in [-0.25, -0.2) is 14.6 Å². The summed E-state index contributed by atoms with van der Waals surface area (Å²) in [6.45, 7) is 1.78. The van der Waals surface area contributed by atoms with Crippen LogP contribution in [-0.4, -0.2) is 19.9 Å². The number of aromatic nitrogens is 4. The number of aryl methyl sites for hydroxylation is 1. The Labute approximate surface area is 94.6 Å². The normalized spacial score (nSPS) is 9.24. The molecule has 0 fully saturated rings. The molecule has 0 aliphatic rings. The molecule has 90 valence electrons. The molecule has 17 heavy (non-hydrogen) atoms. The summed E-state index contributed by atoms with van der Waals surface area (Å²) in [6.07, 6.45) is 2.73. The van der Waals surface area contributed by atoms with Crippen LogP contribution in [0.15, 0.2) is 32.8 Å². The van der Waals surface area contributed by atoms with Crippen molar-refractivity contribution in [3.8, 4) is 0 Å². The Morgan fingerprint density at radius 3 is 2.35 bits per heavy atom. The van der Waals surface area contributed by atoms with Crippen molar-refractivity contribution < 1.29 is 0 Å². The van der Waals surface area contributed by atoms with Crippen molar-refractivity contribution in [2.75, 3.05) is 5.73 Å². The van der Waals surface area contributed by atoms with Crippen LogP contribution in [0.5, 0.6) is 0 Å². The van der Waals surface area contributed by atoms with Crippen molar-refractivity contribution in [3.63, 3.8) is 0 Å². The molecular formula is C9H11N5O3. The van der Waals surface area contributed by atoms with E-state index in [1.807, 2.05) is 4.98 Å². The highest BCUT2D eigenvalue weighted by molar-refractivity contribution is 5.34. The molecule has 0 aromatic carbocycles. The smallest absolute Gasteiger partial charge is 0.346 e. The second-order valence-electron chi connectivity index (χ2n) is 3.08. The van der Waals surface area contributed by atoms with Crippen molar-refractivity contribution in [3.05, 3.63) is 55.3 Å². The average Bonchev–Trinajstić information content (AvgIpc) is 2.24. The lowest BCUT2D eigenvalue weighted by Crippen LogP contribution is -2.19. The first-order valence-electron chi connectivity index (χ1n) is 4.58.